The van der Waals surface area contributed by atoms with Crippen molar-refractivity contribution in [2.24, 2.45) is 0 Å². The fraction of sp³-hybridized carbons (Fsp3) is 0.360. The Balaban J connectivity index is 1.64. The molecule has 158 valence electrons. The normalized spacial score (nSPS) is 11.9. The van der Waals surface area contributed by atoms with Crippen LogP contribution >= 0.6 is 11.3 Å². The zero-order chi connectivity index (χ0) is 21.5. The molecule has 0 radical (unpaired) electrons. The number of aromatic nitrogens is 1. The molecule has 0 fully saturated rings. The third-order valence-electron chi connectivity index (χ3n) is 5.13. The second kappa shape index (κ2) is 10.4. The Morgan fingerprint density at radius 3 is 2.50 bits per heavy atom. The maximum atomic E-state index is 13.0. The van der Waals surface area contributed by atoms with E-state index in [9.17, 15) is 4.79 Å². The average Bonchev–Trinajstić information content (AvgIpc) is 3.17. The molecule has 1 unspecified atom stereocenters. The Morgan fingerprint density at radius 1 is 1.13 bits per heavy atom. The third kappa shape index (κ3) is 6.17. The molecule has 0 saturated carbocycles. The highest BCUT2D eigenvalue weighted by molar-refractivity contribution is 7.09. The minimum Gasteiger partial charge on any atom is -0.486 e. The summed E-state index contributed by atoms with van der Waals surface area (Å²) >= 11 is 1.58. The van der Waals surface area contributed by atoms with Crippen LogP contribution in [0.4, 0.5) is 0 Å². The molecule has 0 aliphatic heterocycles. The van der Waals surface area contributed by atoms with E-state index in [1.54, 1.807) is 11.3 Å². The zero-order valence-corrected chi connectivity index (χ0v) is 19.0. The van der Waals surface area contributed by atoms with Crippen molar-refractivity contribution in [3.05, 3.63) is 81.3 Å². The van der Waals surface area contributed by atoms with Gasteiger partial charge >= 0.3 is 0 Å². The summed E-state index contributed by atoms with van der Waals surface area (Å²) in [5.41, 5.74) is 4.33. The van der Waals surface area contributed by atoms with Crippen molar-refractivity contribution >= 4 is 17.2 Å². The lowest BCUT2D eigenvalue weighted by molar-refractivity contribution is -0.133. The SMILES string of the molecule is CCC(C)N(Cc1csc(COc2cc(C)cc(C)c2)n1)C(=O)Cc1ccccc1. The Morgan fingerprint density at radius 2 is 1.83 bits per heavy atom. The van der Waals surface area contributed by atoms with Gasteiger partial charge < -0.3 is 9.64 Å². The molecule has 1 heterocycles. The number of amides is 1. The van der Waals surface area contributed by atoms with Crippen molar-refractivity contribution < 1.29 is 9.53 Å². The van der Waals surface area contributed by atoms with Crippen molar-refractivity contribution in [2.75, 3.05) is 0 Å². The lowest BCUT2D eigenvalue weighted by atomic mass is 10.1. The lowest BCUT2D eigenvalue weighted by Gasteiger charge is -2.28. The number of hydrogen-bond acceptors (Lipinski definition) is 4. The first kappa shape index (κ1) is 22.0. The fourth-order valence-corrected chi connectivity index (χ4v) is 4.10. The average molecular weight is 423 g/mol. The van der Waals surface area contributed by atoms with Crippen LogP contribution in [0.1, 0.15) is 47.7 Å². The number of aryl methyl sites for hydroxylation is 2. The van der Waals surface area contributed by atoms with Gasteiger partial charge in [-0.2, -0.15) is 0 Å². The molecular weight excluding hydrogens is 392 g/mol. The van der Waals surface area contributed by atoms with Crippen molar-refractivity contribution in [3.8, 4) is 5.75 Å². The smallest absolute Gasteiger partial charge is 0.227 e. The first-order chi connectivity index (χ1) is 14.4. The Hall–Kier alpha value is -2.66. The van der Waals surface area contributed by atoms with E-state index in [1.165, 1.54) is 11.1 Å². The number of benzene rings is 2. The van der Waals surface area contributed by atoms with Gasteiger partial charge in [-0.15, -0.1) is 11.3 Å². The van der Waals surface area contributed by atoms with Crippen molar-refractivity contribution in [1.29, 1.82) is 0 Å². The zero-order valence-electron chi connectivity index (χ0n) is 18.2. The van der Waals surface area contributed by atoms with Gasteiger partial charge in [-0.3, -0.25) is 4.79 Å². The van der Waals surface area contributed by atoms with E-state index in [0.29, 0.717) is 19.6 Å². The van der Waals surface area contributed by atoms with Crippen molar-refractivity contribution in [3.63, 3.8) is 0 Å². The number of carbonyl (C=O) groups excluding carboxylic acids is 1. The van der Waals surface area contributed by atoms with E-state index in [1.807, 2.05) is 52.7 Å². The summed E-state index contributed by atoms with van der Waals surface area (Å²) in [4.78, 5) is 19.6. The molecule has 2 aromatic carbocycles. The van der Waals surface area contributed by atoms with Crippen LogP contribution in [0, 0.1) is 13.8 Å². The molecule has 1 atom stereocenters. The van der Waals surface area contributed by atoms with E-state index in [2.05, 4.69) is 33.8 Å². The highest BCUT2D eigenvalue weighted by Crippen LogP contribution is 2.20. The molecule has 30 heavy (non-hydrogen) atoms. The van der Waals surface area contributed by atoms with Gasteiger partial charge in [0, 0.05) is 11.4 Å². The van der Waals surface area contributed by atoms with E-state index in [-0.39, 0.29) is 11.9 Å². The number of ether oxygens (including phenoxy) is 1. The molecule has 0 N–H and O–H groups in total. The van der Waals surface area contributed by atoms with Gasteiger partial charge in [-0.05, 0) is 56.0 Å². The van der Waals surface area contributed by atoms with Gasteiger partial charge in [0.2, 0.25) is 5.91 Å². The van der Waals surface area contributed by atoms with Gasteiger partial charge in [0.25, 0.3) is 0 Å². The molecule has 3 rings (SSSR count). The molecule has 3 aromatic rings. The fourth-order valence-electron chi connectivity index (χ4n) is 3.41. The van der Waals surface area contributed by atoms with Gasteiger partial charge in [-0.1, -0.05) is 43.3 Å². The minimum absolute atomic E-state index is 0.136. The maximum Gasteiger partial charge on any atom is 0.227 e. The summed E-state index contributed by atoms with van der Waals surface area (Å²) in [6, 6.07) is 16.3. The Kier molecular flexibility index (Phi) is 7.63. The monoisotopic (exact) mass is 422 g/mol. The van der Waals surface area contributed by atoms with Crippen LogP contribution in [-0.4, -0.2) is 21.8 Å². The van der Waals surface area contributed by atoms with Crippen LogP contribution in [0.2, 0.25) is 0 Å². The topological polar surface area (TPSA) is 42.4 Å². The van der Waals surface area contributed by atoms with Crippen molar-refractivity contribution in [2.45, 2.75) is 59.7 Å². The number of nitrogens with zero attached hydrogens (tertiary/aromatic N) is 2. The van der Waals surface area contributed by atoms with Gasteiger partial charge in [0.05, 0.1) is 18.7 Å². The number of carbonyl (C=O) groups is 1. The second-order valence-corrected chi connectivity index (χ2v) is 8.73. The Labute approximate surface area is 183 Å². The molecule has 1 aromatic heterocycles. The predicted molar refractivity (Wildman–Crippen MR) is 123 cm³/mol. The summed E-state index contributed by atoms with van der Waals surface area (Å²) in [6.45, 7) is 9.31. The van der Waals surface area contributed by atoms with Crippen LogP contribution < -0.4 is 4.74 Å². The van der Waals surface area contributed by atoms with Crippen LogP contribution in [0.5, 0.6) is 5.75 Å². The third-order valence-corrected chi connectivity index (χ3v) is 6.00. The second-order valence-electron chi connectivity index (χ2n) is 7.79. The summed E-state index contributed by atoms with van der Waals surface area (Å²) < 4.78 is 5.93. The molecule has 4 nitrogen and oxygen atoms in total. The molecule has 0 bridgehead atoms. The van der Waals surface area contributed by atoms with E-state index < -0.39 is 0 Å². The summed E-state index contributed by atoms with van der Waals surface area (Å²) in [7, 11) is 0. The molecule has 0 aliphatic rings. The quantitative estimate of drug-likeness (QED) is 0.444. The first-order valence-corrected chi connectivity index (χ1v) is 11.3. The Bertz CT molecular complexity index is 948. The highest BCUT2D eigenvalue weighted by Gasteiger charge is 2.20. The number of hydrogen-bond donors (Lipinski definition) is 0. The maximum absolute atomic E-state index is 13.0. The molecule has 0 saturated heterocycles. The summed E-state index contributed by atoms with van der Waals surface area (Å²) in [5, 5.41) is 2.95. The van der Waals surface area contributed by atoms with Gasteiger partial charge in [0.15, 0.2) is 0 Å². The number of thiazole rings is 1. The van der Waals surface area contributed by atoms with E-state index in [4.69, 9.17) is 9.72 Å². The van der Waals surface area contributed by atoms with E-state index in [0.717, 1.165) is 28.4 Å². The number of rotatable bonds is 9. The van der Waals surface area contributed by atoms with Gasteiger partial charge in [0.1, 0.15) is 17.4 Å². The van der Waals surface area contributed by atoms with Gasteiger partial charge in [-0.25, -0.2) is 4.98 Å². The standard InChI is InChI=1S/C25H30N2O2S/c1-5-20(4)27(25(28)14-21-9-7-6-8-10-21)15-22-17-30-24(26-22)16-29-23-12-18(2)11-19(3)13-23/h6-13,17,20H,5,14-16H2,1-4H3. The highest BCUT2D eigenvalue weighted by atomic mass is 32.1. The lowest BCUT2D eigenvalue weighted by Crippen LogP contribution is -2.38. The molecule has 1 amide bonds. The van der Waals surface area contributed by atoms with Crippen molar-refractivity contribution in [1.82, 2.24) is 9.88 Å². The van der Waals surface area contributed by atoms with Crippen LogP contribution in [0.15, 0.2) is 53.9 Å². The largest absolute Gasteiger partial charge is 0.486 e. The first-order valence-electron chi connectivity index (χ1n) is 10.4. The predicted octanol–water partition coefficient (Wildman–Crippen LogP) is 5.71. The van der Waals surface area contributed by atoms with Crippen LogP contribution in [-0.2, 0) is 24.4 Å². The minimum atomic E-state index is 0.136. The molecule has 0 aliphatic carbocycles. The molecule has 5 heteroatoms. The molecular formula is C25H30N2O2S. The van der Waals surface area contributed by atoms with Crippen LogP contribution in [0.3, 0.4) is 0 Å². The summed E-state index contributed by atoms with van der Waals surface area (Å²) in [5.74, 6) is 1.00. The van der Waals surface area contributed by atoms with E-state index >= 15 is 0 Å². The summed E-state index contributed by atoms with van der Waals surface area (Å²) in [6.07, 6.45) is 1.32. The molecule has 0 spiro atoms. The van der Waals surface area contributed by atoms with Crippen LogP contribution in [0.25, 0.3) is 0 Å².